The highest BCUT2D eigenvalue weighted by Gasteiger charge is 2.29. The number of aryl methyl sites for hydroxylation is 1. The molecule has 24 heavy (non-hydrogen) atoms. The van der Waals surface area contributed by atoms with Crippen molar-refractivity contribution in [3.8, 4) is 11.8 Å². The molecule has 2 heterocycles. The largest absolute Gasteiger partial charge is 0.447 e. The molecule has 1 fully saturated rings. The quantitative estimate of drug-likeness (QED) is 0.858. The summed E-state index contributed by atoms with van der Waals surface area (Å²) in [7, 11) is 0. The summed E-state index contributed by atoms with van der Waals surface area (Å²) in [6, 6.07) is 2.10. The summed E-state index contributed by atoms with van der Waals surface area (Å²) >= 11 is 0. The van der Waals surface area contributed by atoms with Crippen LogP contribution < -0.4 is 4.74 Å². The van der Waals surface area contributed by atoms with Crippen molar-refractivity contribution < 1.29 is 23.0 Å². The van der Waals surface area contributed by atoms with E-state index in [2.05, 4.69) is 9.97 Å². The van der Waals surface area contributed by atoms with Crippen molar-refractivity contribution in [3.63, 3.8) is 0 Å². The predicted molar refractivity (Wildman–Crippen MR) is 79.6 cm³/mol. The van der Waals surface area contributed by atoms with Gasteiger partial charge in [-0.2, -0.15) is 0 Å². The molecule has 8 heteroatoms. The number of cyclic esters (lactones) is 1. The van der Waals surface area contributed by atoms with Crippen LogP contribution in [-0.4, -0.2) is 33.6 Å². The minimum Gasteiger partial charge on any atom is -0.447 e. The molecule has 0 unspecified atom stereocenters. The van der Waals surface area contributed by atoms with Crippen LogP contribution in [0.5, 0.6) is 11.8 Å². The lowest BCUT2D eigenvalue weighted by Crippen LogP contribution is -2.30. The first kappa shape index (κ1) is 16.1. The first-order valence-corrected chi connectivity index (χ1v) is 7.32. The normalized spacial score (nSPS) is 17.1. The van der Waals surface area contributed by atoms with Gasteiger partial charge in [0, 0.05) is 18.0 Å². The molecular formula is C16H15F2N3O3. The lowest BCUT2D eigenvalue weighted by Gasteiger charge is -2.17. The first-order chi connectivity index (χ1) is 11.4. The van der Waals surface area contributed by atoms with Crippen LogP contribution in [-0.2, 0) is 11.3 Å². The predicted octanol–water partition coefficient (Wildman–Crippen LogP) is 3.20. The highest BCUT2D eigenvalue weighted by atomic mass is 19.1. The molecular weight excluding hydrogens is 320 g/mol. The van der Waals surface area contributed by atoms with E-state index in [9.17, 15) is 13.6 Å². The molecule has 1 saturated heterocycles. The highest BCUT2D eigenvalue weighted by molar-refractivity contribution is 5.69. The van der Waals surface area contributed by atoms with Crippen LogP contribution in [0.3, 0.4) is 0 Å². The van der Waals surface area contributed by atoms with Gasteiger partial charge in [-0.3, -0.25) is 4.90 Å². The van der Waals surface area contributed by atoms with E-state index in [0.29, 0.717) is 17.7 Å². The Kier molecular flexibility index (Phi) is 4.28. The van der Waals surface area contributed by atoms with Crippen LogP contribution in [0.25, 0.3) is 0 Å². The fraction of sp³-hybridized carbons (Fsp3) is 0.312. The number of carbonyl (C=O) groups excluding carboxylic acids is 1. The van der Waals surface area contributed by atoms with Crippen molar-refractivity contribution in [1.29, 1.82) is 0 Å². The number of ether oxygens (including phenoxy) is 2. The number of halogens is 2. The van der Waals surface area contributed by atoms with Crippen LogP contribution in [0.15, 0.2) is 24.5 Å². The number of aromatic nitrogens is 2. The summed E-state index contributed by atoms with van der Waals surface area (Å²) in [5.74, 6) is -2.20. The van der Waals surface area contributed by atoms with Crippen LogP contribution in [0.2, 0.25) is 0 Å². The second-order valence-electron chi connectivity index (χ2n) is 5.59. The summed E-state index contributed by atoms with van der Waals surface area (Å²) in [6.07, 6.45) is 2.47. The minimum atomic E-state index is -0.825. The molecule has 0 saturated carbocycles. The number of carbonyl (C=O) groups is 1. The van der Waals surface area contributed by atoms with E-state index in [1.54, 1.807) is 11.8 Å². The van der Waals surface area contributed by atoms with Gasteiger partial charge in [-0.1, -0.05) is 0 Å². The molecule has 1 aromatic carbocycles. The fourth-order valence-corrected chi connectivity index (χ4v) is 2.31. The van der Waals surface area contributed by atoms with Gasteiger partial charge >= 0.3 is 12.1 Å². The first-order valence-electron chi connectivity index (χ1n) is 7.32. The average Bonchev–Trinajstić information content (AvgIpc) is 2.84. The molecule has 1 aliphatic heterocycles. The molecule has 0 aliphatic carbocycles. The Hall–Kier alpha value is -2.77. The Morgan fingerprint density at radius 3 is 2.46 bits per heavy atom. The molecule has 1 amide bonds. The molecule has 0 radical (unpaired) electrons. The van der Waals surface area contributed by atoms with Crippen LogP contribution in [0.4, 0.5) is 13.6 Å². The molecule has 126 valence electrons. The molecule has 0 bridgehead atoms. The maximum atomic E-state index is 13.8. The number of benzene rings is 1. The van der Waals surface area contributed by atoms with Crippen molar-refractivity contribution in [3.05, 3.63) is 47.3 Å². The van der Waals surface area contributed by atoms with Crippen LogP contribution in [0, 0.1) is 18.6 Å². The zero-order valence-electron chi connectivity index (χ0n) is 13.1. The van der Waals surface area contributed by atoms with Gasteiger partial charge in [-0.05, 0) is 31.5 Å². The van der Waals surface area contributed by atoms with Gasteiger partial charge in [0.15, 0.2) is 11.6 Å². The van der Waals surface area contributed by atoms with E-state index in [4.69, 9.17) is 9.47 Å². The van der Waals surface area contributed by atoms with E-state index >= 15 is 0 Å². The molecule has 0 spiro atoms. The van der Waals surface area contributed by atoms with Gasteiger partial charge in [0.1, 0.15) is 6.61 Å². The van der Waals surface area contributed by atoms with Gasteiger partial charge < -0.3 is 9.47 Å². The molecule has 6 nitrogen and oxygen atoms in total. The van der Waals surface area contributed by atoms with E-state index < -0.39 is 23.5 Å². The summed E-state index contributed by atoms with van der Waals surface area (Å²) in [5, 5.41) is 0. The topological polar surface area (TPSA) is 64.5 Å². The van der Waals surface area contributed by atoms with Gasteiger partial charge in [-0.15, -0.1) is 0 Å². The molecule has 1 atom stereocenters. The minimum absolute atomic E-state index is 0.0378. The van der Waals surface area contributed by atoms with E-state index in [-0.39, 0.29) is 18.6 Å². The van der Waals surface area contributed by atoms with Crippen molar-refractivity contribution in [2.45, 2.75) is 26.4 Å². The van der Waals surface area contributed by atoms with E-state index in [0.717, 1.165) is 12.1 Å². The third kappa shape index (κ3) is 3.27. The maximum absolute atomic E-state index is 13.8. The molecule has 2 aromatic rings. The number of nitrogens with zero attached hydrogens (tertiary/aromatic N) is 3. The smallest absolute Gasteiger partial charge is 0.410 e. The SMILES string of the molecule is Cc1cc(F)c(Oc2ncc(CN3C(=O)OC[C@@H]3C)cn2)c(F)c1. The Morgan fingerprint density at radius 2 is 1.92 bits per heavy atom. The Bertz CT molecular complexity index is 745. The van der Waals surface area contributed by atoms with Crippen LogP contribution in [0.1, 0.15) is 18.1 Å². The summed E-state index contributed by atoms with van der Waals surface area (Å²) in [4.78, 5) is 20.9. The van der Waals surface area contributed by atoms with Crippen molar-refractivity contribution in [2.75, 3.05) is 6.61 Å². The second kappa shape index (κ2) is 6.38. The van der Waals surface area contributed by atoms with Crippen molar-refractivity contribution >= 4 is 6.09 Å². The standard InChI is InChI=1S/C16H15F2N3O3/c1-9-3-12(17)14(13(18)4-9)24-15-19-5-11(6-20-15)7-21-10(2)8-23-16(21)22/h3-6,10H,7-8H2,1-2H3/t10-/m0/s1. The molecule has 3 rings (SSSR count). The zero-order chi connectivity index (χ0) is 17.3. The van der Waals surface area contributed by atoms with Gasteiger partial charge in [-0.25, -0.2) is 23.5 Å². The summed E-state index contributed by atoms with van der Waals surface area (Å²) in [6.45, 7) is 4.07. The summed E-state index contributed by atoms with van der Waals surface area (Å²) in [5.41, 5.74) is 1.10. The van der Waals surface area contributed by atoms with Crippen molar-refractivity contribution in [2.24, 2.45) is 0 Å². The second-order valence-corrected chi connectivity index (χ2v) is 5.59. The van der Waals surface area contributed by atoms with Crippen molar-refractivity contribution in [1.82, 2.24) is 14.9 Å². The monoisotopic (exact) mass is 335 g/mol. The molecule has 1 aliphatic rings. The number of rotatable bonds is 4. The zero-order valence-corrected chi connectivity index (χ0v) is 13.1. The lowest BCUT2D eigenvalue weighted by molar-refractivity contribution is 0.156. The third-order valence-electron chi connectivity index (χ3n) is 3.59. The maximum Gasteiger partial charge on any atom is 0.410 e. The molecule has 0 N–H and O–H groups in total. The fourth-order valence-electron chi connectivity index (χ4n) is 2.31. The van der Waals surface area contributed by atoms with Crippen LogP contribution >= 0.6 is 0 Å². The summed E-state index contributed by atoms with van der Waals surface area (Å²) < 4.78 is 37.5. The van der Waals surface area contributed by atoms with Gasteiger partial charge in [0.2, 0.25) is 5.75 Å². The number of hydrogen-bond donors (Lipinski definition) is 0. The van der Waals surface area contributed by atoms with E-state index in [1.807, 2.05) is 6.92 Å². The Labute approximate surface area is 137 Å². The molecule has 1 aromatic heterocycles. The number of hydrogen-bond acceptors (Lipinski definition) is 5. The number of amides is 1. The average molecular weight is 335 g/mol. The Balaban J connectivity index is 1.72. The van der Waals surface area contributed by atoms with E-state index in [1.165, 1.54) is 12.4 Å². The Morgan fingerprint density at radius 1 is 1.29 bits per heavy atom. The van der Waals surface area contributed by atoms with Gasteiger partial charge in [0.05, 0.1) is 12.6 Å². The van der Waals surface area contributed by atoms with Gasteiger partial charge in [0.25, 0.3) is 0 Å². The highest BCUT2D eigenvalue weighted by Crippen LogP contribution is 2.26. The lowest BCUT2D eigenvalue weighted by atomic mass is 10.2. The third-order valence-corrected chi connectivity index (χ3v) is 3.59.